The van der Waals surface area contributed by atoms with Gasteiger partial charge in [0.1, 0.15) is 0 Å². The van der Waals surface area contributed by atoms with Gasteiger partial charge in [0, 0.05) is 39.4 Å². The molecule has 1 amide bonds. The number of hydrogen-bond acceptors (Lipinski definition) is 4. The van der Waals surface area contributed by atoms with Gasteiger partial charge in [-0.25, -0.2) is 0 Å². The molecule has 1 heterocycles. The van der Waals surface area contributed by atoms with Gasteiger partial charge < -0.3 is 25.0 Å². The van der Waals surface area contributed by atoms with Crippen LogP contribution in [0.5, 0.6) is 0 Å². The van der Waals surface area contributed by atoms with Crippen LogP contribution in [0.4, 0.5) is 0 Å². The zero-order valence-electron chi connectivity index (χ0n) is 18.9. The van der Waals surface area contributed by atoms with E-state index in [0.29, 0.717) is 19.1 Å². The van der Waals surface area contributed by atoms with Gasteiger partial charge in [0.2, 0.25) is 5.91 Å². The van der Waals surface area contributed by atoms with Crippen molar-refractivity contribution in [3.8, 4) is 0 Å². The van der Waals surface area contributed by atoms with E-state index in [9.17, 15) is 4.79 Å². The van der Waals surface area contributed by atoms with E-state index >= 15 is 0 Å². The molecular weight excluding hydrogens is 495 g/mol. The van der Waals surface area contributed by atoms with Gasteiger partial charge in [-0.3, -0.25) is 9.79 Å². The lowest BCUT2D eigenvalue weighted by atomic mass is 10.1. The van der Waals surface area contributed by atoms with Gasteiger partial charge in [-0.1, -0.05) is 24.3 Å². The largest absolute Gasteiger partial charge is 0.381 e. The average Bonchev–Trinajstić information content (AvgIpc) is 2.66. The Hall–Kier alpha value is -1.39. The fourth-order valence-corrected chi connectivity index (χ4v) is 3.20. The van der Waals surface area contributed by atoms with Gasteiger partial charge in [0.25, 0.3) is 0 Å². The van der Waals surface area contributed by atoms with Gasteiger partial charge >= 0.3 is 0 Å². The van der Waals surface area contributed by atoms with Crippen LogP contribution in [-0.2, 0) is 27.4 Å². The van der Waals surface area contributed by atoms with Gasteiger partial charge in [0.15, 0.2) is 5.96 Å². The number of guanidine groups is 1. The minimum atomic E-state index is -0.248. The molecule has 0 aromatic heterocycles. The van der Waals surface area contributed by atoms with Gasteiger partial charge in [-0.2, -0.15) is 0 Å². The summed E-state index contributed by atoms with van der Waals surface area (Å²) in [6.45, 7) is 8.97. The highest BCUT2D eigenvalue weighted by Gasteiger charge is 2.17. The monoisotopic (exact) mass is 532 g/mol. The molecule has 2 rings (SSSR count). The Morgan fingerprint density at radius 1 is 1.27 bits per heavy atom. The van der Waals surface area contributed by atoms with Crippen LogP contribution in [0.3, 0.4) is 0 Å². The van der Waals surface area contributed by atoms with Crippen molar-refractivity contribution in [3.63, 3.8) is 0 Å². The average molecular weight is 532 g/mol. The third kappa shape index (κ3) is 10.1. The van der Waals surface area contributed by atoms with Crippen molar-refractivity contribution in [2.45, 2.75) is 58.4 Å². The highest BCUT2D eigenvalue weighted by atomic mass is 127. The molecule has 1 saturated heterocycles. The number of carbonyl (C=O) groups is 1. The van der Waals surface area contributed by atoms with Crippen LogP contribution >= 0.6 is 24.0 Å². The predicted octanol–water partition coefficient (Wildman–Crippen LogP) is 2.92. The van der Waals surface area contributed by atoms with Crippen molar-refractivity contribution in [2.75, 3.05) is 33.9 Å². The van der Waals surface area contributed by atoms with E-state index in [-0.39, 0.29) is 48.1 Å². The molecule has 0 atom stereocenters. The van der Waals surface area contributed by atoms with E-state index in [1.54, 1.807) is 7.05 Å². The van der Waals surface area contributed by atoms with E-state index in [1.807, 2.05) is 38.8 Å². The fraction of sp³-hybridized carbons (Fsp3) is 0.636. The summed E-state index contributed by atoms with van der Waals surface area (Å²) in [4.78, 5) is 18.3. The van der Waals surface area contributed by atoms with E-state index in [4.69, 9.17) is 9.47 Å². The highest BCUT2D eigenvalue weighted by molar-refractivity contribution is 14.0. The van der Waals surface area contributed by atoms with Crippen LogP contribution in [0.1, 0.15) is 44.7 Å². The van der Waals surface area contributed by atoms with Crippen LogP contribution in [0.15, 0.2) is 29.3 Å². The Labute approximate surface area is 198 Å². The second-order valence-corrected chi connectivity index (χ2v) is 8.50. The summed E-state index contributed by atoms with van der Waals surface area (Å²) in [5, 5.41) is 6.29. The molecule has 0 bridgehead atoms. The Balaban J connectivity index is 0.00000450. The smallest absolute Gasteiger partial charge is 0.240 e. The number of carbonyl (C=O) groups excluding carboxylic acids is 1. The van der Waals surface area contributed by atoms with Crippen molar-refractivity contribution >= 4 is 35.8 Å². The van der Waals surface area contributed by atoms with E-state index in [0.717, 1.165) is 37.2 Å². The van der Waals surface area contributed by atoms with E-state index in [1.165, 1.54) is 0 Å². The van der Waals surface area contributed by atoms with E-state index in [2.05, 4.69) is 33.8 Å². The Morgan fingerprint density at radius 3 is 2.57 bits per heavy atom. The quantitative estimate of drug-likeness (QED) is 0.321. The number of amides is 1. The third-order valence-corrected chi connectivity index (χ3v) is 4.56. The first-order valence-corrected chi connectivity index (χ1v) is 10.3. The third-order valence-electron chi connectivity index (χ3n) is 4.56. The molecule has 1 aliphatic rings. The maximum Gasteiger partial charge on any atom is 0.240 e. The number of halogens is 1. The highest BCUT2D eigenvalue weighted by Crippen LogP contribution is 2.14. The molecule has 1 aliphatic heterocycles. The summed E-state index contributed by atoms with van der Waals surface area (Å²) in [5.74, 6) is 0.646. The molecule has 0 saturated carbocycles. The maximum absolute atomic E-state index is 12.2. The zero-order chi connectivity index (χ0) is 21.3. The molecule has 0 aliphatic carbocycles. The van der Waals surface area contributed by atoms with Crippen molar-refractivity contribution in [2.24, 2.45) is 4.99 Å². The van der Waals surface area contributed by atoms with Crippen LogP contribution in [-0.4, -0.2) is 62.3 Å². The summed E-state index contributed by atoms with van der Waals surface area (Å²) in [6, 6.07) is 8.35. The van der Waals surface area contributed by atoms with Crippen molar-refractivity contribution in [1.29, 1.82) is 0 Å². The topological polar surface area (TPSA) is 75.2 Å². The number of aliphatic imine (C=N–C) groups is 1. The fourth-order valence-electron chi connectivity index (χ4n) is 3.20. The SMILES string of the molecule is CN=C(NCc1cccc(COC2CCOCC2)c1)N(C)CC(=O)NC(C)(C)C.I. The molecule has 0 unspecified atom stereocenters. The number of benzene rings is 1. The number of nitrogens with zero attached hydrogens (tertiary/aromatic N) is 2. The molecule has 1 aromatic carbocycles. The van der Waals surface area contributed by atoms with Crippen LogP contribution in [0.25, 0.3) is 0 Å². The van der Waals surface area contributed by atoms with Crippen LogP contribution in [0, 0.1) is 0 Å². The standard InChI is InChI=1S/C22H36N4O3.HI/c1-22(2,3)25-20(27)15-26(5)21(23-4)24-14-17-7-6-8-18(13-17)16-29-19-9-11-28-12-10-19;/h6-8,13,19H,9-12,14-16H2,1-5H3,(H,23,24)(H,25,27);1H. The number of hydrogen-bond donors (Lipinski definition) is 2. The maximum atomic E-state index is 12.2. The summed E-state index contributed by atoms with van der Waals surface area (Å²) < 4.78 is 11.4. The Bertz CT molecular complexity index is 685. The summed E-state index contributed by atoms with van der Waals surface area (Å²) >= 11 is 0. The zero-order valence-corrected chi connectivity index (χ0v) is 21.2. The van der Waals surface area contributed by atoms with E-state index < -0.39 is 0 Å². The van der Waals surface area contributed by atoms with Gasteiger partial charge in [0.05, 0.1) is 19.3 Å². The molecule has 8 heteroatoms. The van der Waals surface area contributed by atoms with Crippen molar-refractivity contribution in [3.05, 3.63) is 35.4 Å². The lowest BCUT2D eigenvalue weighted by Crippen LogP contribution is -2.48. The first kappa shape index (κ1) is 26.6. The Kier molecular flexibility index (Phi) is 11.6. The Morgan fingerprint density at radius 2 is 1.93 bits per heavy atom. The first-order chi connectivity index (χ1) is 13.8. The minimum Gasteiger partial charge on any atom is -0.381 e. The number of likely N-dealkylation sites (N-methyl/N-ethyl adjacent to an activating group) is 1. The normalized spacial score (nSPS) is 15.3. The number of ether oxygens (including phenoxy) is 2. The molecule has 1 aromatic rings. The first-order valence-electron chi connectivity index (χ1n) is 10.3. The molecular formula is C22H37IN4O3. The lowest BCUT2D eigenvalue weighted by molar-refractivity contribution is -0.122. The summed E-state index contributed by atoms with van der Waals surface area (Å²) in [5.41, 5.74) is 2.05. The predicted molar refractivity (Wildman–Crippen MR) is 131 cm³/mol. The molecule has 1 fully saturated rings. The lowest BCUT2D eigenvalue weighted by Gasteiger charge is -2.25. The molecule has 7 nitrogen and oxygen atoms in total. The van der Waals surface area contributed by atoms with Crippen molar-refractivity contribution < 1.29 is 14.3 Å². The molecule has 0 spiro atoms. The van der Waals surface area contributed by atoms with Gasteiger partial charge in [-0.15, -0.1) is 24.0 Å². The summed E-state index contributed by atoms with van der Waals surface area (Å²) in [6.07, 6.45) is 2.22. The molecule has 2 N–H and O–H groups in total. The molecule has 30 heavy (non-hydrogen) atoms. The number of nitrogens with one attached hydrogen (secondary N) is 2. The molecule has 170 valence electrons. The van der Waals surface area contributed by atoms with Crippen LogP contribution < -0.4 is 10.6 Å². The minimum absolute atomic E-state index is 0. The van der Waals surface area contributed by atoms with Crippen LogP contribution in [0.2, 0.25) is 0 Å². The number of rotatable bonds is 7. The second kappa shape index (κ2) is 13.1. The molecule has 0 radical (unpaired) electrons. The van der Waals surface area contributed by atoms with Crippen molar-refractivity contribution in [1.82, 2.24) is 15.5 Å². The second-order valence-electron chi connectivity index (χ2n) is 8.50. The van der Waals surface area contributed by atoms with Gasteiger partial charge in [-0.05, 0) is 44.7 Å². The summed E-state index contributed by atoms with van der Waals surface area (Å²) in [7, 11) is 3.58.